The Balaban J connectivity index is 1.48. The smallest absolute Gasteiger partial charge is 0.435 e. The zero-order chi connectivity index (χ0) is 25.3. The highest BCUT2D eigenvalue weighted by atomic mass is 35.5. The van der Waals surface area contributed by atoms with Gasteiger partial charge in [0, 0.05) is 29.1 Å². The van der Waals surface area contributed by atoms with E-state index in [-0.39, 0.29) is 72.7 Å². The average molecular weight is 517 g/mol. The summed E-state index contributed by atoms with van der Waals surface area (Å²) in [5.74, 6) is -1.62. The molecule has 12 heteroatoms. The molecule has 1 aromatic carbocycles. The highest BCUT2D eigenvalue weighted by Gasteiger charge is 2.41. The molecule has 0 spiro atoms. The van der Waals surface area contributed by atoms with Crippen molar-refractivity contribution in [3.05, 3.63) is 51.6 Å². The minimum Gasteiger partial charge on any atom is -0.481 e. The summed E-state index contributed by atoms with van der Waals surface area (Å²) in [6.45, 7) is 1.15. The molecule has 1 saturated heterocycles. The van der Waals surface area contributed by atoms with Gasteiger partial charge in [-0.15, -0.1) is 0 Å². The Morgan fingerprint density at radius 3 is 2.51 bits per heavy atom. The van der Waals surface area contributed by atoms with Crippen LogP contribution in [0.4, 0.5) is 17.6 Å². The van der Waals surface area contributed by atoms with Crippen molar-refractivity contribution < 1.29 is 32.3 Å². The lowest BCUT2D eigenvalue weighted by Gasteiger charge is -2.34. The molecule has 1 aromatic heterocycles. The van der Waals surface area contributed by atoms with Crippen molar-refractivity contribution in [1.82, 2.24) is 19.6 Å². The number of fused-ring (bicyclic) bond motifs is 1. The molecule has 0 unspecified atom stereocenters. The largest absolute Gasteiger partial charge is 0.481 e. The quantitative estimate of drug-likeness (QED) is 0.591. The van der Waals surface area contributed by atoms with Gasteiger partial charge in [0.1, 0.15) is 5.82 Å². The Morgan fingerprint density at radius 1 is 1.17 bits per heavy atom. The van der Waals surface area contributed by atoms with Crippen molar-refractivity contribution in [2.45, 2.75) is 44.9 Å². The lowest BCUT2D eigenvalue weighted by molar-refractivity contribution is -0.142. The molecule has 3 heterocycles. The molecule has 2 aromatic rings. The standard InChI is InChI=1S/C23H25ClF4N4O3/c24-16-2-1-15(18(25)10-16)11-32-19-12-31(8-5-17(19)22(29-32)23(26,27)28)20(33)13-30-6-3-14(4-7-30)9-21(34)35/h1-2,10,14H,3-9,11-13H2,(H,34,35). The van der Waals surface area contributed by atoms with Gasteiger partial charge in [-0.2, -0.15) is 18.3 Å². The number of piperidine rings is 1. The highest BCUT2D eigenvalue weighted by molar-refractivity contribution is 6.30. The number of carbonyl (C=O) groups is 2. The summed E-state index contributed by atoms with van der Waals surface area (Å²) < 4.78 is 56.4. The lowest BCUT2D eigenvalue weighted by atomic mass is 9.93. The van der Waals surface area contributed by atoms with Crippen molar-refractivity contribution in [2.75, 3.05) is 26.2 Å². The molecule has 0 aliphatic carbocycles. The van der Waals surface area contributed by atoms with Gasteiger partial charge in [-0.05, 0) is 50.4 Å². The summed E-state index contributed by atoms with van der Waals surface area (Å²) in [6.07, 6.45) is -3.20. The number of hydrogen-bond donors (Lipinski definition) is 1. The first-order valence-corrected chi connectivity index (χ1v) is 11.7. The second-order valence-corrected chi connectivity index (χ2v) is 9.48. The van der Waals surface area contributed by atoms with Gasteiger partial charge < -0.3 is 10.0 Å². The molecule has 2 aliphatic rings. The van der Waals surface area contributed by atoms with Crippen LogP contribution in [0.15, 0.2) is 18.2 Å². The van der Waals surface area contributed by atoms with E-state index >= 15 is 0 Å². The summed E-state index contributed by atoms with van der Waals surface area (Å²) in [6, 6.07) is 3.95. The van der Waals surface area contributed by atoms with E-state index in [4.69, 9.17) is 16.7 Å². The van der Waals surface area contributed by atoms with Crippen LogP contribution in [0.1, 0.15) is 41.8 Å². The fourth-order valence-electron chi connectivity index (χ4n) is 4.75. The minimum atomic E-state index is -4.67. The van der Waals surface area contributed by atoms with Crippen LogP contribution in [0.5, 0.6) is 0 Å². The first-order valence-electron chi connectivity index (χ1n) is 11.3. The number of benzene rings is 1. The third-order valence-electron chi connectivity index (χ3n) is 6.62. The number of aromatic nitrogens is 2. The van der Waals surface area contributed by atoms with Crippen LogP contribution in [0.25, 0.3) is 0 Å². The van der Waals surface area contributed by atoms with Crippen LogP contribution in [-0.2, 0) is 35.3 Å². The highest BCUT2D eigenvalue weighted by Crippen LogP contribution is 2.35. The number of carboxylic acid groups (broad SMARTS) is 1. The van der Waals surface area contributed by atoms with Gasteiger partial charge in [0.25, 0.3) is 0 Å². The van der Waals surface area contributed by atoms with E-state index < -0.39 is 23.7 Å². The van der Waals surface area contributed by atoms with E-state index in [2.05, 4.69) is 5.10 Å². The number of alkyl halides is 3. The summed E-state index contributed by atoms with van der Waals surface area (Å²) in [4.78, 5) is 27.3. The Kier molecular flexibility index (Phi) is 7.37. The van der Waals surface area contributed by atoms with E-state index in [1.165, 1.54) is 17.0 Å². The molecule has 190 valence electrons. The maximum Gasteiger partial charge on any atom is 0.435 e. The Hall–Kier alpha value is -2.66. The van der Waals surface area contributed by atoms with Crippen molar-refractivity contribution >= 4 is 23.5 Å². The molecular weight excluding hydrogens is 492 g/mol. The number of nitrogens with zero attached hydrogens (tertiary/aromatic N) is 4. The lowest BCUT2D eigenvalue weighted by Crippen LogP contribution is -2.45. The van der Waals surface area contributed by atoms with Gasteiger partial charge in [0.2, 0.25) is 5.91 Å². The van der Waals surface area contributed by atoms with Gasteiger partial charge in [0.05, 0.1) is 25.3 Å². The molecule has 1 N–H and O–H groups in total. The zero-order valence-corrected chi connectivity index (χ0v) is 19.6. The van der Waals surface area contributed by atoms with Gasteiger partial charge in [-0.3, -0.25) is 19.2 Å². The Morgan fingerprint density at radius 2 is 1.89 bits per heavy atom. The van der Waals surface area contributed by atoms with Crippen molar-refractivity contribution in [3.63, 3.8) is 0 Å². The normalized spacial score (nSPS) is 17.5. The van der Waals surface area contributed by atoms with E-state index in [1.807, 2.05) is 4.90 Å². The molecule has 2 aliphatic heterocycles. The number of carbonyl (C=O) groups excluding carboxylic acids is 1. The second kappa shape index (κ2) is 10.1. The molecule has 0 saturated carbocycles. The van der Waals surface area contributed by atoms with Crippen molar-refractivity contribution in [2.24, 2.45) is 5.92 Å². The fourth-order valence-corrected chi connectivity index (χ4v) is 4.91. The molecule has 1 fully saturated rings. The topological polar surface area (TPSA) is 78.7 Å². The van der Waals surface area contributed by atoms with Gasteiger partial charge in [0.15, 0.2) is 5.69 Å². The second-order valence-electron chi connectivity index (χ2n) is 9.05. The molecular formula is C23H25ClF4N4O3. The summed E-state index contributed by atoms with van der Waals surface area (Å²) >= 11 is 5.78. The predicted molar refractivity (Wildman–Crippen MR) is 118 cm³/mol. The summed E-state index contributed by atoms with van der Waals surface area (Å²) in [5.41, 5.74) is -0.590. The number of rotatable bonds is 6. The minimum absolute atomic E-state index is 0.000295. The van der Waals surface area contributed by atoms with E-state index in [0.29, 0.717) is 25.9 Å². The third-order valence-corrected chi connectivity index (χ3v) is 6.86. The molecule has 0 atom stereocenters. The summed E-state index contributed by atoms with van der Waals surface area (Å²) in [7, 11) is 0. The van der Waals surface area contributed by atoms with Crippen molar-refractivity contribution in [1.29, 1.82) is 0 Å². The van der Waals surface area contributed by atoms with Crippen LogP contribution in [-0.4, -0.2) is 62.7 Å². The monoisotopic (exact) mass is 516 g/mol. The number of hydrogen-bond acceptors (Lipinski definition) is 4. The van der Waals surface area contributed by atoms with Crippen LogP contribution in [0, 0.1) is 11.7 Å². The number of aliphatic carboxylic acids is 1. The maximum atomic E-state index is 14.3. The number of halogens is 5. The zero-order valence-electron chi connectivity index (χ0n) is 18.8. The molecule has 0 radical (unpaired) electrons. The van der Waals surface area contributed by atoms with E-state index in [0.717, 1.165) is 10.7 Å². The molecule has 35 heavy (non-hydrogen) atoms. The Labute approximate surface area is 204 Å². The average Bonchev–Trinajstić information content (AvgIpc) is 3.15. The molecule has 0 bridgehead atoms. The Bertz CT molecular complexity index is 1110. The molecule has 4 rings (SSSR count). The first kappa shape index (κ1) is 25.4. The van der Waals surface area contributed by atoms with E-state index in [9.17, 15) is 27.2 Å². The van der Waals surface area contributed by atoms with Crippen molar-refractivity contribution in [3.8, 4) is 0 Å². The fraction of sp³-hybridized carbons (Fsp3) is 0.522. The van der Waals surface area contributed by atoms with E-state index in [1.54, 1.807) is 0 Å². The molecule has 7 nitrogen and oxygen atoms in total. The van der Waals surface area contributed by atoms with Crippen LogP contribution >= 0.6 is 11.6 Å². The molecule has 1 amide bonds. The van der Waals surface area contributed by atoms with Crippen LogP contribution in [0.3, 0.4) is 0 Å². The van der Waals surface area contributed by atoms with Crippen LogP contribution < -0.4 is 0 Å². The van der Waals surface area contributed by atoms with Gasteiger partial charge >= 0.3 is 12.1 Å². The first-order chi connectivity index (χ1) is 16.5. The number of likely N-dealkylation sites (tertiary alicyclic amines) is 1. The van der Waals surface area contributed by atoms with Gasteiger partial charge in [-0.25, -0.2) is 4.39 Å². The predicted octanol–water partition coefficient (Wildman–Crippen LogP) is 3.81. The van der Waals surface area contributed by atoms with Gasteiger partial charge in [-0.1, -0.05) is 17.7 Å². The number of carboxylic acids is 1. The number of amides is 1. The SMILES string of the molecule is O=C(O)CC1CCN(CC(=O)N2CCc3c(C(F)(F)F)nn(Cc4ccc(Cl)cc4F)c3C2)CC1. The third kappa shape index (κ3) is 5.95. The van der Waals surface area contributed by atoms with Crippen LogP contribution in [0.2, 0.25) is 5.02 Å². The summed E-state index contributed by atoms with van der Waals surface area (Å²) in [5, 5.41) is 12.9. The maximum absolute atomic E-state index is 14.3.